The molecule has 0 aliphatic carbocycles. The Balaban J connectivity index is 0.000000432. The van der Waals surface area contributed by atoms with Crippen LogP contribution in [0.4, 0.5) is 5.69 Å². The van der Waals surface area contributed by atoms with Crippen LogP contribution in [0.1, 0.15) is 119 Å². The van der Waals surface area contributed by atoms with Gasteiger partial charge in [-0.05, 0) is 252 Å². The Morgan fingerprint density at radius 2 is 0.627 bits per heavy atom. The lowest BCUT2D eigenvalue weighted by atomic mass is 10.1. The van der Waals surface area contributed by atoms with E-state index in [4.69, 9.17) is 37.8 Å². The minimum absolute atomic E-state index is 0.338. The Labute approximate surface area is 727 Å². The standard InChI is InChI=1S/C11H10.C9H13N.2C9H12.2C8H10O.3C8H10.C7H6Cl2.C7H8O.2C7H8.C5H6S/c1-9-6-7-10-4-2-3-5-11(10)8-9;1-8-4-6-9(7-5-8)10(2)3;1-3-9-6-4-8(2)5-7-9;1-3-9-6-4-5-8(2)7-9;1-7-3-5-8(9-2)6-4-7;1-7-4-3-5-8(6-7)9-2;1-7-3-5-8(2)6-4-7;1-7-4-3-5-8(2)6-7;1-7-5-3-4-6-8(7)2;1-5-6(8)3-2-4-7(5)9;1-6-3-2-4-7(8)5-6;2*1-7-5-3-2-4-6-7;1-5-3-2-4-6-5/h2-8H,1H3;4-7H,1-3H3;2*4-7H,3H2,1-2H3;2*3-6H,1-2H3;3*3-6H,1-2H3;2-4H,1H3;2-5,8H,1H3;2*2-6H,1H3;2-4H,1H3. The fourth-order valence-corrected chi connectivity index (χ4v) is 11.0. The molecule has 0 radical (unpaired) electrons. The molecule has 1 aromatic heterocycles. The van der Waals surface area contributed by atoms with Crippen LogP contribution in [0.25, 0.3) is 10.8 Å². The Kier molecular flexibility index (Phi) is 54.2. The number of phenols is 1. The van der Waals surface area contributed by atoms with E-state index in [1.807, 2.05) is 150 Å². The Hall–Kier alpha value is -11.2. The van der Waals surface area contributed by atoms with Gasteiger partial charge in [0.1, 0.15) is 17.2 Å². The van der Waals surface area contributed by atoms with Crippen LogP contribution < -0.4 is 14.4 Å². The van der Waals surface area contributed by atoms with Crippen LogP contribution in [-0.4, -0.2) is 33.4 Å². The number of aryl methyl sites for hydroxylation is 18. The molecule has 0 atom stereocenters. The molecule has 620 valence electrons. The van der Waals surface area contributed by atoms with E-state index in [9.17, 15) is 0 Å². The SMILES string of the molecule is CCc1ccc(C)cc1.CCc1cccc(C)c1.COc1ccc(C)cc1.COc1cccc(C)c1.Cc1c(Cl)cccc1Cl.Cc1ccc(C)cc1.Cc1ccc(N(C)C)cc1.Cc1ccc2ccccc2c1.Cc1cccc(C)c1.Cc1cccc(O)c1.Cc1ccccc1.Cc1ccccc1.Cc1ccccc1C.Cc1cccs1. The number of hydrogen-bond donors (Lipinski definition) is 1. The van der Waals surface area contributed by atoms with Crippen LogP contribution in [0, 0.1) is 118 Å². The molecule has 4 nitrogen and oxygen atoms in total. The van der Waals surface area contributed by atoms with Crippen LogP contribution in [0.5, 0.6) is 17.2 Å². The first kappa shape index (κ1) is 103. The third-order valence-electron chi connectivity index (χ3n) is 17.5. The quantitative estimate of drug-likeness (QED) is 0.186. The van der Waals surface area contributed by atoms with Gasteiger partial charge in [0.25, 0.3) is 0 Å². The lowest BCUT2D eigenvalue weighted by molar-refractivity contribution is 0.414. The van der Waals surface area contributed by atoms with Gasteiger partial charge in [-0.2, -0.15) is 0 Å². The summed E-state index contributed by atoms with van der Waals surface area (Å²) in [6.07, 6.45) is 2.28. The number of phenolic OH excluding ortho intramolecular Hbond substituents is 1. The highest BCUT2D eigenvalue weighted by molar-refractivity contribution is 7.09. The second kappa shape index (κ2) is 62.1. The average molecular weight is 1630 g/mol. The van der Waals surface area contributed by atoms with Crippen molar-refractivity contribution in [3.63, 3.8) is 0 Å². The van der Waals surface area contributed by atoms with Gasteiger partial charge in [-0.1, -0.05) is 383 Å². The molecule has 0 spiro atoms. The highest BCUT2D eigenvalue weighted by Gasteiger charge is 1.98. The summed E-state index contributed by atoms with van der Waals surface area (Å²) < 4.78 is 9.96. The molecule has 7 heteroatoms. The molecule has 0 unspecified atom stereocenters. The summed E-state index contributed by atoms with van der Waals surface area (Å²) in [4.78, 5) is 3.48. The van der Waals surface area contributed by atoms with Crippen molar-refractivity contribution in [3.8, 4) is 17.2 Å². The van der Waals surface area contributed by atoms with E-state index < -0.39 is 0 Å². The number of nitrogens with zero attached hydrogens (tertiary/aromatic N) is 1. The highest BCUT2D eigenvalue weighted by Crippen LogP contribution is 2.23. The zero-order chi connectivity index (χ0) is 87.4. The Bertz CT molecular complexity index is 4750. The molecule has 14 aromatic carbocycles. The van der Waals surface area contributed by atoms with Crippen molar-refractivity contribution >= 4 is 51.0 Å². The third-order valence-corrected chi connectivity index (χ3v) is 19.1. The normalized spacial score (nSPS) is 9.33. The van der Waals surface area contributed by atoms with Gasteiger partial charge in [0, 0.05) is 34.7 Å². The monoisotopic (exact) mass is 1630 g/mol. The molecule has 118 heavy (non-hydrogen) atoms. The number of rotatable bonds is 5. The fourth-order valence-electron chi connectivity index (χ4n) is 10.1. The molecule has 15 aromatic rings. The van der Waals surface area contributed by atoms with Crippen molar-refractivity contribution in [2.45, 2.75) is 144 Å². The average Bonchev–Trinajstić information content (AvgIpc) is 0.855. The largest absolute Gasteiger partial charge is 0.508 e. The first-order valence-electron chi connectivity index (χ1n) is 40.2. The Morgan fingerprint density at radius 3 is 0.949 bits per heavy atom. The number of hydrogen-bond acceptors (Lipinski definition) is 5. The molecular formula is C111H133Cl2NO3S. The summed E-state index contributed by atoms with van der Waals surface area (Å²) in [7, 11) is 7.44. The molecule has 0 bridgehead atoms. The highest BCUT2D eigenvalue weighted by atomic mass is 35.5. The molecule has 0 saturated heterocycles. The number of methoxy groups -OCH3 is 2. The minimum atomic E-state index is 0.338. The zero-order valence-electron chi connectivity index (χ0n) is 74.9. The van der Waals surface area contributed by atoms with E-state index in [-0.39, 0.29) is 0 Å². The van der Waals surface area contributed by atoms with Gasteiger partial charge in [-0.3, -0.25) is 0 Å². The topological polar surface area (TPSA) is 41.9 Å². The molecular weight excluding hydrogens is 1500 g/mol. The van der Waals surface area contributed by atoms with Gasteiger partial charge in [0.15, 0.2) is 0 Å². The maximum absolute atomic E-state index is 8.81. The lowest BCUT2D eigenvalue weighted by Gasteiger charge is -2.11. The maximum atomic E-state index is 8.81. The number of benzene rings is 14. The van der Waals surface area contributed by atoms with Gasteiger partial charge < -0.3 is 19.5 Å². The van der Waals surface area contributed by atoms with E-state index in [1.54, 1.807) is 37.7 Å². The van der Waals surface area contributed by atoms with Crippen LogP contribution in [0.3, 0.4) is 0 Å². The maximum Gasteiger partial charge on any atom is 0.119 e. The van der Waals surface area contributed by atoms with Gasteiger partial charge in [-0.25, -0.2) is 0 Å². The first-order chi connectivity index (χ1) is 56.4. The molecule has 0 aliphatic rings. The second-order valence-corrected chi connectivity index (χ2v) is 30.9. The van der Waals surface area contributed by atoms with Crippen LogP contribution in [0.2, 0.25) is 10.0 Å². The lowest BCUT2D eigenvalue weighted by Crippen LogP contribution is -2.07. The number of aromatic hydroxyl groups is 1. The summed E-state index contributed by atoms with van der Waals surface area (Å²) in [6, 6.07) is 119. The van der Waals surface area contributed by atoms with Gasteiger partial charge >= 0.3 is 0 Å². The molecule has 0 saturated carbocycles. The molecule has 1 heterocycles. The molecule has 0 amide bonds. The van der Waals surface area contributed by atoms with E-state index in [0.29, 0.717) is 5.75 Å². The van der Waals surface area contributed by atoms with E-state index in [2.05, 4.69) is 346 Å². The van der Waals surface area contributed by atoms with Crippen molar-refractivity contribution in [1.82, 2.24) is 0 Å². The summed E-state index contributed by atoms with van der Waals surface area (Å²) >= 11 is 13.2. The predicted molar refractivity (Wildman–Crippen MR) is 524 cm³/mol. The summed E-state index contributed by atoms with van der Waals surface area (Å²) in [6.45, 7) is 39.6. The van der Waals surface area contributed by atoms with E-state index in [1.165, 1.54) is 110 Å². The third kappa shape index (κ3) is 51.0. The van der Waals surface area contributed by atoms with Gasteiger partial charge in [0.2, 0.25) is 0 Å². The fraction of sp³-hybridized carbons (Fsp3) is 0.225. The van der Waals surface area contributed by atoms with E-state index in [0.717, 1.165) is 45.5 Å². The van der Waals surface area contributed by atoms with Gasteiger partial charge in [0.05, 0.1) is 14.2 Å². The molecule has 15 rings (SSSR count). The van der Waals surface area contributed by atoms with Crippen LogP contribution in [0.15, 0.2) is 357 Å². The van der Waals surface area contributed by atoms with Crippen molar-refractivity contribution in [2.75, 3.05) is 33.2 Å². The van der Waals surface area contributed by atoms with Crippen molar-refractivity contribution in [2.24, 2.45) is 0 Å². The molecule has 0 fully saturated rings. The summed E-state index contributed by atoms with van der Waals surface area (Å²) in [5, 5.41) is 15.0. The summed E-state index contributed by atoms with van der Waals surface area (Å²) in [5.41, 5.74) is 24.7. The minimum Gasteiger partial charge on any atom is -0.508 e. The van der Waals surface area contributed by atoms with Crippen molar-refractivity contribution in [1.29, 1.82) is 0 Å². The van der Waals surface area contributed by atoms with E-state index >= 15 is 0 Å². The smallest absolute Gasteiger partial charge is 0.119 e. The second-order valence-electron chi connectivity index (χ2n) is 28.9. The van der Waals surface area contributed by atoms with Gasteiger partial charge in [-0.15, -0.1) is 11.3 Å². The number of halogens is 2. The number of thiophene rings is 1. The summed E-state index contributed by atoms with van der Waals surface area (Å²) in [5.74, 6) is 2.18. The molecule has 1 N–H and O–H groups in total. The molecule has 0 aliphatic heterocycles. The first-order valence-corrected chi connectivity index (χ1v) is 41.9. The number of anilines is 1. The zero-order valence-corrected chi connectivity index (χ0v) is 77.2. The number of fused-ring (bicyclic) bond motifs is 1. The van der Waals surface area contributed by atoms with Crippen molar-refractivity contribution < 1.29 is 14.6 Å². The van der Waals surface area contributed by atoms with Crippen molar-refractivity contribution in [3.05, 3.63) is 472 Å². The number of ether oxygens (including phenoxy) is 2. The predicted octanol–water partition coefficient (Wildman–Crippen LogP) is 32.3. The Morgan fingerprint density at radius 1 is 0.280 bits per heavy atom. The van der Waals surface area contributed by atoms with Crippen LogP contribution in [-0.2, 0) is 12.8 Å². The van der Waals surface area contributed by atoms with Crippen LogP contribution >= 0.6 is 34.5 Å².